The third-order valence-corrected chi connectivity index (χ3v) is 4.84. The minimum Gasteiger partial charge on any atom is -0.372 e. The first-order valence-corrected chi connectivity index (χ1v) is 9.53. The summed E-state index contributed by atoms with van der Waals surface area (Å²) in [5.41, 5.74) is 3.78. The Morgan fingerprint density at radius 3 is 2.46 bits per heavy atom. The van der Waals surface area contributed by atoms with Crippen LogP contribution in [-0.2, 0) is 6.54 Å². The molecule has 6 heteroatoms. The van der Waals surface area contributed by atoms with Crippen LogP contribution < -0.4 is 15.5 Å². The predicted molar refractivity (Wildman–Crippen MR) is 111 cm³/mol. The lowest BCUT2D eigenvalue weighted by Gasteiger charge is -2.18. The fourth-order valence-electron chi connectivity index (χ4n) is 3.30. The van der Waals surface area contributed by atoms with Crippen molar-refractivity contribution in [2.75, 3.05) is 23.3 Å². The van der Waals surface area contributed by atoms with Crippen molar-refractivity contribution in [1.82, 2.24) is 15.3 Å². The van der Waals surface area contributed by atoms with E-state index in [1.165, 1.54) is 18.5 Å². The number of pyridine rings is 2. The molecule has 4 rings (SSSR count). The Kier molecular flexibility index (Phi) is 5.47. The van der Waals surface area contributed by atoms with E-state index in [9.17, 15) is 4.79 Å². The van der Waals surface area contributed by atoms with Crippen LogP contribution in [0.3, 0.4) is 0 Å². The molecule has 0 saturated carbocycles. The molecule has 0 aliphatic carbocycles. The summed E-state index contributed by atoms with van der Waals surface area (Å²) in [5.74, 6) is 0.511. The number of carbonyl (C=O) groups is 1. The van der Waals surface area contributed by atoms with Crippen molar-refractivity contribution in [3.05, 3.63) is 78.2 Å². The van der Waals surface area contributed by atoms with Crippen LogP contribution in [-0.4, -0.2) is 29.0 Å². The van der Waals surface area contributed by atoms with E-state index in [0.29, 0.717) is 17.9 Å². The molecule has 1 aromatic carbocycles. The van der Waals surface area contributed by atoms with Crippen molar-refractivity contribution in [1.29, 1.82) is 0 Å². The number of nitrogens with zero attached hydrogens (tertiary/aromatic N) is 3. The van der Waals surface area contributed by atoms with Crippen molar-refractivity contribution < 1.29 is 4.79 Å². The van der Waals surface area contributed by atoms with Gasteiger partial charge in [-0.3, -0.25) is 9.78 Å². The zero-order valence-electron chi connectivity index (χ0n) is 15.6. The van der Waals surface area contributed by atoms with Gasteiger partial charge in [0.25, 0.3) is 5.91 Å². The standard InChI is InChI=1S/C22H23N5O/c28-22(25-16-17-7-10-23-11-8-17)18-9-12-24-21(15-18)26-19-3-5-20(6-4-19)27-13-1-2-14-27/h3-12,15H,1-2,13-14,16H2,(H,24,26)(H,25,28). The maximum atomic E-state index is 12.4. The lowest BCUT2D eigenvalue weighted by molar-refractivity contribution is 0.0951. The van der Waals surface area contributed by atoms with Crippen LogP contribution in [0.2, 0.25) is 0 Å². The molecule has 6 nitrogen and oxygen atoms in total. The number of carbonyl (C=O) groups excluding carboxylic acids is 1. The fourth-order valence-corrected chi connectivity index (χ4v) is 3.30. The SMILES string of the molecule is O=C(NCc1ccncc1)c1ccnc(Nc2ccc(N3CCCC3)cc2)c1. The van der Waals surface area contributed by atoms with Crippen molar-refractivity contribution in [3.63, 3.8) is 0 Å². The number of aromatic nitrogens is 2. The van der Waals surface area contributed by atoms with Gasteiger partial charge in [-0.25, -0.2) is 4.98 Å². The normalized spacial score (nSPS) is 13.4. The molecule has 0 spiro atoms. The molecule has 0 bridgehead atoms. The van der Waals surface area contributed by atoms with Crippen LogP contribution in [0.25, 0.3) is 0 Å². The van der Waals surface area contributed by atoms with Crippen molar-refractivity contribution in [2.24, 2.45) is 0 Å². The monoisotopic (exact) mass is 373 g/mol. The summed E-state index contributed by atoms with van der Waals surface area (Å²) in [6.07, 6.45) is 7.60. The predicted octanol–water partition coefficient (Wildman–Crippen LogP) is 3.75. The van der Waals surface area contributed by atoms with Crippen LogP contribution in [0, 0.1) is 0 Å². The minimum absolute atomic E-state index is 0.133. The second-order valence-corrected chi connectivity index (χ2v) is 6.83. The van der Waals surface area contributed by atoms with Gasteiger partial charge in [-0.15, -0.1) is 0 Å². The first-order chi connectivity index (χ1) is 13.8. The van der Waals surface area contributed by atoms with Crippen LogP contribution in [0.15, 0.2) is 67.1 Å². The molecule has 1 aliphatic heterocycles. The Morgan fingerprint density at radius 1 is 0.964 bits per heavy atom. The van der Waals surface area contributed by atoms with Crippen LogP contribution in [0.4, 0.5) is 17.2 Å². The van der Waals surface area contributed by atoms with Gasteiger partial charge in [0.1, 0.15) is 5.82 Å². The summed E-state index contributed by atoms with van der Waals surface area (Å²) in [4.78, 5) is 23.1. The third-order valence-electron chi connectivity index (χ3n) is 4.84. The van der Waals surface area contributed by atoms with Gasteiger partial charge in [0, 0.05) is 55.2 Å². The largest absolute Gasteiger partial charge is 0.372 e. The van der Waals surface area contributed by atoms with Gasteiger partial charge in [-0.2, -0.15) is 0 Å². The van der Waals surface area contributed by atoms with Gasteiger partial charge in [-0.05, 0) is 66.9 Å². The highest BCUT2D eigenvalue weighted by molar-refractivity contribution is 5.94. The number of rotatable bonds is 6. The molecule has 2 aromatic heterocycles. The Labute approximate surface area is 164 Å². The Morgan fingerprint density at radius 2 is 1.71 bits per heavy atom. The lowest BCUT2D eigenvalue weighted by Crippen LogP contribution is -2.22. The number of benzene rings is 1. The van der Waals surface area contributed by atoms with Crippen molar-refractivity contribution >= 4 is 23.1 Å². The average Bonchev–Trinajstić information content (AvgIpc) is 3.28. The van der Waals surface area contributed by atoms with Crippen molar-refractivity contribution in [3.8, 4) is 0 Å². The highest BCUT2D eigenvalue weighted by Gasteiger charge is 2.12. The van der Waals surface area contributed by atoms with E-state index in [4.69, 9.17) is 0 Å². The molecule has 3 aromatic rings. The summed E-state index contributed by atoms with van der Waals surface area (Å²) in [6, 6.07) is 15.6. The summed E-state index contributed by atoms with van der Waals surface area (Å²) in [6.45, 7) is 2.72. The van der Waals surface area contributed by atoms with Crippen LogP contribution in [0.1, 0.15) is 28.8 Å². The number of nitrogens with one attached hydrogen (secondary N) is 2. The molecule has 0 radical (unpaired) electrons. The van der Waals surface area contributed by atoms with Gasteiger partial charge in [0.05, 0.1) is 0 Å². The minimum atomic E-state index is -0.133. The van der Waals surface area contributed by atoms with Gasteiger partial charge in [-0.1, -0.05) is 0 Å². The van der Waals surface area contributed by atoms with E-state index < -0.39 is 0 Å². The zero-order chi connectivity index (χ0) is 19.2. The summed E-state index contributed by atoms with van der Waals surface area (Å²) in [5, 5.41) is 6.19. The molecule has 3 heterocycles. The van der Waals surface area contributed by atoms with E-state index in [1.807, 2.05) is 24.3 Å². The third kappa shape index (κ3) is 4.46. The van der Waals surface area contributed by atoms with Crippen LogP contribution in [0.5, 0.6) is 0 Å². The van der Waals surface area contributed by atoms with Gasteiger partial charge in [0.2, 0.25) is 0 Å². The Balaban J connectivity index is 1.38. The Bertz CT molecular complexity index is 921. The second-order valence-electron chi connectivity index (χ2n) is 6.83. The maximum Gasteiger partial charge on any atom is 0.251 e. The zero-order valence-corrected chi connectivity index (χ0v) is 15.6. The molecule has 1 aliphatic rings. The first kappa shape index (κ1) is 18.0. The molecule has 142 valence electrons. The van der Waals surface area contributed by atoms with Gasteiger partial charge < -0.3 is 15.5 Å². The van der Waals surface area contributed by atoms with E-state index in [1.54, 1.807) is 30.7 Å². The van der Waals surface area contributed by atoms with Gasteiger partial charge in [0.15, 0.2) is 0 Å². The average molecular weight is 373 g/mol. The lowest BCUT2D eigenvalue weighted by atomic mass is 10.2. The quantitative estimate of drug-likeness (QED) is 0.689. The molecule has 28 heavy (non-hydrogen) atoms. The molecule has 1 amide bonds. The molecule has 1 fully saturated rings. The first-order valence-electron chi connectivity index (χ1n) is 9.53. The molecular formula is C22H23N5O. The number of hydrogen-bond donors (Lipinski definition) is 2. The highest BCUT2D eigenvalue weighted by Crippen LogP contribution is 2.23. The van der Waals surface area contributed by atoms with Crippen LogP contribution >= 0.6 is 0 Å². The van der Waals surface area contributed by atoms with E-state index in [0.717, 1.165) is 24.3 Å². The topological polar surface area (TPSA) is 70.1 Å². The summed E-state index contributed by atoms with van der Waals surface area (Å²) >= 11 is 0. The van der Waals surface area contributed by atoms with Crippen molar-refractivity contribution in [2.45, 2.75) is 19.4 Å². The van der Waals surface area contributed by atoms with E-state index in [2.05, 4.69) is 37.6 Å². The molecule has 1 saturated heterocycles. The number of anilines is 3. The number of hydrogen-bond acceptors (Lipinski definition) is 5. The molecular weight excluding hydrogens is 350 g/mol. The fraction of sp³-hybridized carbons (Fsp3) is 0.227. The molecule has 0 unspecified atom stereocenters. The summed E-state index contributed by atoms with van der Waals surface area (Å²) in [7, 11) is 0. The van der Waals surface area contributed by atoms with E-state index in [-0.39, 0.29) is 5.91 Å². The molecule has 0 atom stereocenters. The molecule has 2 N–H and O–H groups in total. The maximum absolute atomic E-state index is 12.4. The highest BCUT2D eigenvalue weighted by atomic mass is 16.1. The van der Waals surface area contributed by atoms with Gasteiger partial charge >= 0.3 is 0 Å². The Hall–Kier alpha value is -3.41. The summed E-state index contributed by atoms with van der Waals surface area (Å²) < 4.78 is 0. The van der Waals surface area contributed by atoms with E-state index >= 15 is 0 Å². The smallest absolute Gasteiger partial charge is 0.251 e. The number of amides is 1. The second kappa shape index (κ2) is 8.52.